The lowest BCUT2D eigenvalue weighted by Crippen LogP contribution is -2.21. The molecule has 3 aromatic rings. The van der Waals surface area contributed by atoms with Crippen LogP contribution in [0, 0.1) is 0 Å². The van der Waals surface area contributed by atoms with E-state index in [9.17, 15) is 13.2 Å². The van der Waals surface area contributed by atoms with Crippen molar-refractivity contribution in [1.29, 1.82) is 0 Å². The molecule has 0 saturated carbocycles. The van der Waals surface area contributed by atoms with Crippen LogP contribution in [-0.2, 0) is 16.3 Å². The van der Waals surface area contributed by atoms with Crippen molar-refractivity contribution >= 4 is 25.8 Å². The minimum absolute atomic E-state index is 0.122. The molecular formula is C18H15BrN2O3S. The van der Waals surface area contributed by atoms with Gasteiger partial charge in [0.15, 0.2) is 9.84 Å². The normalized spacial score (nSPS) is 11.4. The maximum Gasteiger partial charge on any atom is 0.271 e. The highest BCUT2D eigenvalue weighted by Crippen LogP contribution is 2.29. The molecule has 0 fully saturated rings. The Hall–Kier alpha value is -2.25. The minimum atomic E-state index is -3.46. The second-order valence-electron chi connectivity index (χ2n) is 5.62. The summed E-state index contributed by atoms with van der Waals surface area (Å²) in [5, 5.41) is 4.10. The number of halogens is 1. The molecule has 3 rings (SSSR count). The third-order valence-electron chi connectivity index (χ3n) is 3.71. The van der Waals surface area contributed by atoms with Crippen LogP contribution in [0.5, 0.6) is 0 Å². The summed E-state index contributed by atoms with van der Waals surface area (Å²) in [5.74, 6) is 0. The second kappa shape index (κ2) is 6.93. The smallest absolute Gasteiger partial charge is 0.267 e. The number of nitrogens with zero attached hydrogens (tertiary/aromatic N) is 2. The van der Waals surface area contributed by atoms with Crippen molar-refractivity contribution < 1.29 is 8.42 Å². The van der Waals surface area contributed by atoms with E-state index in [4.69, 9.17) is 0 Å². The lowest BCUT2D eigenvalue weighted by Gasteiger charge is -2.14. The first kappa shape index (κ1) is 17.6. The molecular weight excluding hydrogens is 404 g/mol. The zero-order valence-electron chi connectivity index (χ0n) is 13.4. The molecule has 0 aliphatic heterocycles. The summed E-state index contributed by atoms with van der Waals surface area (Å²) < 4.78 is 25.8. The molecule has 0 saturated heterocycles. The molecule has 0 aliphatic carbocycles. The van der Waals surface area contributed by atoms with Gasteiger partial charge in [0.25, 0.3) is 5.56 Å². The van der Waals surface area contributed by atoms with E-state index in [1.54, 1.807) is 12.1 Å². The van der Waals surface area contributed by atoms with E-state index in [0.717, 1.165) is 17.4 Å². The molecule has 1 heterocycles. The zero-order valence-corrected chi connectivity index (χ0v) is 15.8. The van der Waals surface area contributed by atoms with Gasteiger partial charge in [-0.05, 0) is 51.7 Å². The van der Waals surface area contributed by atoms with Crippen LogP contribution >= 0.6 is 15.9 Å². The highest BCUT2D eigenvalue weighted by molar-refractivity contribution is 9.10. The van der Waals surface area contributed by atoms with Crippen LogP contribution < -0.4 is 5.56 Å². The zero-order chi connectivity index (χ0) is 18.0. The van der Waals surface area contributed by atoms with E-state index in [-0.39, 0.29) is 10.5 Å². The topological polar surface area (TPSA) is 69.0 Å². The van der Waals surface area contributed by atoms with Crippen molar-refractivity contribution in [2.75, 3.05) is 6.26 Å². The molecule has 0 atom stereocenters. The minimum Gasteiger partial charge on any atom is -0.267 e. The summed E-state index contributed by atoms with van der Waals surface area (Å²) in [6, 6.07) is 15.9. The van der Waals surface area contributed by atoms with E-state index in [2.05, 4.69) is 21.0 Å². The van der Waals surface area contributed by atoms with Crippen molar-refractivity contribution in [3.05, 3.63) is 86.7 Å². The molecule has 0 spiro atoms. The third kappa shape index (κ3) is 3.88. The molecule has 1 aromatic heterocycles. The van der Waals surface area contributed by atoms with Crippen molar-refractivity contribution in [1.82, 2.24) is 9.78 Å². The first-order chi connectivity index (χ1) is 11.9. The van der Waals surface area contributed by atoms with Gasteiger partial charge in [-0.3, -0.25) is 4.79 Å². The van der Waals surface area contributed by atoms with Crippen molar-refractivity contribution in [3.8, 4) is 5.69 Å². The Morgan fingerprint density at radius 2 is 1.80 bits per heavy atom. The van der Waals surface area contributed by atoms with Gasteiger partial charge in [0.2, 0.25) is 0 Å². The van der Waals surface area contributed by atoms with Crippen LogP contribution in [0.4, 0.5) is 0 Å². The highest BCUT2D eigenvalue weighted by Gasteiger charge is 2.18. The Balaban J connectivity index is 2.25. The Morgan fingerprint density at radius 1 is 1.08 bits per heavy atom. The summed E-state index contributed by atoms with van der Waals surface area (Å²) in [6.07, 6.45) is 3.17. The summed E-state index contributed by atoms with van der Waals surface area (Å²) in [7, 11) is -3.46. The van der Waals surface area contributed by atoms with Crippen LogP contribution in [0.3, 0.4) is 0 Å². The van der Waals surface area contributed by atoms with Crippen molar-refractivity contribution in [3.63, 3.8) is 0 Å². The summed E-state index contributed by atoms with van der Waals surface area (Å²) in [5.41, 5.74) is 1.98. The van der Waals surface area contributed by atoms with Crippen LogP contribution in [0.25, 0.3) is 5.69 Å². The molecule has 7 heteroatoms. The molecule has 128 valence electrons. The number of hydrogen-bond donors (Lipinski definition) is 0. The molecule has 2 aromatic carbocycles. The Bertz CT molecular complexity index is 1080. The number of rotatable bonds is 4. The van der Waals surface area contributed by atoms with Crippen LogP contribution in [0.1, 0.15) is 11.1 Å². The number of hydrogen-bond acceptors (Lipinski definition) is 4. The average Bonchev–Trinajstić information content (AvgIpc) is 2.56. The molecule has 0 radical (unpaired) electrons. The third-order valence-corrected chi connectivity index (χ3v) is 5.77. The van der Waals surface area contributed by atoms with E-state index in [0.29, 0.717) is 16.6 Å². The fraction of sp³-hybridized carbons (Fsp3) is 0.111. The van der Waals surface area contributed by atoms with Gasteiger partial charge in [-0.2, -0.15) is 9.78 Å². The van der Waals surface area contributed by atoms with Gasteiger partial charge in [0, 0.05) is 23.0 Å². The number of benzene rings is 2. The largest absolute Gasteiger partial charge is 0.271 e. The fourth-order valence-electron chi connectivity index (χ4n) is 2.56. The Kier molecular flexibility index (Phi) is 4.87. The fourth-order valence-corrected chi connectivity index (χ4v) is 4.57. The van der Waals surface area contributed by atoms with Crippen molar-refractivity contribution in [2.45, 2.75) is 11.3 Å². The standard InChI is InChI=1S/C18H15BrN2O3S/c1-25(23,24)17-12-16(21-18(22)8-5-9-20-21)14(11-15(17)19)10-13-6-3-2-4-7-13/h2-9,11-12H,10H2,1H3. The molecule has 0 aliphatic rings. The quantitative estimate of drug-likeness (QED) is 0.652. The van der Waals surface area contributed by atoms with Gasteiger partial charge in [-0.15, -0.1) is 0 Å². The molecule has 0 N–H and O–H groups in total. The molecule has 25 heavy (non-hydrogen) atoms. The van der Waals surface area contributed by atoms with E-state index in [1.807, 2.05) is 30.3 Å². The van der Waals surface area contributed by atoms with E-state index >= 15 is 0 Å². The summed E-state index contributed by atoms with van der Waals surface area (Å²) >= 11 is 3.33. The van der Waals surface area contributed by atoms with Gasteiger partial charge >= 0.3 is 0 Å². The SMILES string of the molecule is CS(=O)(=O)c1cc(-n2ncccc2=O)c(Cc2ccccc2)cc1Br. The second-order valence-corrected chi connectivity index (χ2v) is 8.46. The van der Waals surface area contributed by atoms with Crippen LogP contribution in [0.15, 0.2) is 75.0 Å². The van der Waals surface area contributed by atoms with Crippen LogP contribution in [0.2, 0.25) is 0 Å². The first-order valence-electron chi connectivity index (χ1n) is 7.47. The van der Waals surface area contributed by atoms with E-state index < -0.39 is 9.84 Å². The lowest BCUT2D eigenvalue weighted by molar-refractivity contribution is 0.601. The summed E-state index contributed by atoms with van der Waals surface area (Å²) in [4.78, 5) is 12.3. The Labute approximate surface area is 154 Å². The van der Waals surface area contributed by atoms with Gasteiger partial charge < -0.3 is 0 Å². The summed E-state index contributed by atoms with van der Waals surface area (Å²) in [6.45, 7) is 0. The van der Waals surface area contributed by atoms with Crippen LogP contribution in [-0.4, -0.2) is 24.5 Å². The monoisotopic (exact) mass is 418 g/mol. The first-order valence-corrected chi connectivity index (χ1v) is 10.2. The van der Waals surface area contributed by atoms with Gasteiger partial charge in [-0.25, -0.2) is 8.42 Å². The Morgan fingerprint density at radius 3 is 2.44 bits per heavy atom. The maximum absolute atomic E-state index is 12.2. The van der Waals surface area contributed by atoms with Gasteiger partial charge in [0.1, 0.15) is 0 Å². The van der Waals surface area contributed by atoms with E-state index in [1.165, 1.54) is 23.0 Å². The van der Waals surface area contributed by atoms with Gasteiger partial charge in [-0.1, -0.05) is 30.3 Å². The van der Waals surface area contributed by atoms with Gasteiger partial charge in [0.05, 0.1) is 10.6 Å². The highest BCUT2D eigenvalue weighted by atomic mass is 79.9. The molecule has 0 amide bonds. The predicted molar refractivity (Wildman–Crippen MR) is 99.9 cm³/mol. The lowest BCUT2D eigenvalue weighted by atomic mass is 10.0. The predicted octanol–water partition coefficient (Wildman–Crippen LogP) is 2.99. The molecule has 0 unspecified atom stereocenters. The number of aromatic nitrogens is 2. The maximum atomic E-state index is 12.2. The molecule has 0 bridgehead atoms. The number of sulfone groups is 1. The molecule has 5 nitrogen and oxygen atoms in total. The van der Waals surface area contributed by atoms with Crippen molar-refractivity contribution in [2.24, 2.45) is 0 Å². The average molecular weight is 419 g/mol.